The summed E-state index contributed by atoms with van der Waals surface area (Å²) in [6.07, 6.45) is 5.24. The number of rotatable bonds is 2. The van der Waals surface area contributed by atoms with Crippen LogP contribution in [0.15, 0.2) is 12.1 Å². The van der Waals surface area contributed by atoms with Crippen molar-refractivity contribution >= 4 is 32.9 Å². The Hall–Kier alpha value is -1.29. The average molecular weight is 261 g/mol. The van der Waals surface area contributed by atoms with Gasteiger partial charge in [-0.05, 0) is 31.9 Å². The first-order chi connectivity index (χ1) is 8.65. The molecule has 3 nitrogen and oxygen atoms in total. The van der Waals surface area contributed by atoms with Gasteiger partial charge in [-0.25, -0.2) is 4.98 Å². The van der Waals surface area contributed by atoms with Gasteiger partial charge in [0, 0.05) is 13.1 Å². The van der Waals surface area contributed by atoms with Gasteiger partial charge in [-0.3, -0.25) is 0 Å². The van der Waals surface area contributed by atoms with Crippen molar-refractivity contribution in [3.63, 3.8) is 0 Å². The number of fused-ring (bicyclic) bond motifs is 1. The van der Waals surface area contributed by atoms with Crippen molar-refractivity contribution in [2.45, 2.75) is 38.6 Å². The maximum atomic E-state index is 6.20. The van der Waals surface area contributed by atoms with Gasteiger partial charge >= 0.3 is 0 Å². The maximum Gasteiger partial charge on any atom is 0.0907 e. The van der Waals surface area contributed by atoms with E-state index in [0.717, 1.165) is 21.9 Å². The van der Waals surface area contributed by atoms with Gasteiger partial charge in [0.25, 0.3) is 0 Å². The largest absolute Gasteiger partial charge is 0.397 e. The number of nitrogens with two attached hydrogens (primary N) is 1. The first kappa shape index (κ1) is 11.8. The topological polar surface area (TPSA) is 42.2 Å². The highest BCUT2D eigenvalue weighted by Crippen LogP contribution is 2.35. The molecule has 2 N–H and O–H groups in total. The Morgan fingerprint density at radius 1 is 1.33 bits per heavy atom. The molecule has 1 aliphatic carbocycles. The van der Waals surface area contributed by atoms with Gasteiger partial charge < -0.3 is 10.6 Å². The summed E-state index contributed by atoms with van der Waals surface area (Å²) in [4.78, 5) is 6.90. The van der Waals surface area contributed by atoms with E-state index in [-0.39, 0.29) is 0 Å². The second-order valence-electron chi connectivity index (χ2n) is 5.16. The Bertz CT molecular complexity index is 570. The fourth-order valence-corrected chi connectivity index (χ4v) is 3.74. The number of thiazole rings is 1. The number of hydrogen-bond acceptors (Lipinski definition) is 4. The summed E-state index contributed by atoms with van der Waals surface area (Å²) >= 11 is 1.71. The Kier molecular flexibility index (Phi) is 2.90. The average Bonchev–Trinajstić information content (AvgIpc) is 2.94. The van der Waals surface area contributed by atoms with E-state index in [1.165, 1.54) is 30.4 Å². The number of hydrogen-bond donors (Lipinski definition) is 1. The third-order valence-corrected chi connectivity index (χ3v) is 4.83. The lowest BCUT2D eigenvalue weighted by Crippen LogP contribution is -2.29. The minimum atomic E-state index is 0.643. The number of benzene rings is 1. The van der Waals surface area contributed by atoms with Gasteiger partial charge in [0.05, 0.1) is 26.6 Å². The number of nitrogens with zero attached hydrogens (tertiary/aromatic N) is 2. The van der Waals surface area contributed by atoms with Crippen LogP contribution in [0.1, 0.15) is 30.7 Å². The standard InChI is InChI=1S/C14H19N3S/c1-9-16-12-8-13(11(15)7-14(12)18-9)17(2)10-5-3-4-6-10/h7-8,10H,3-6,15H2,1-2H3. The minimum absolute atomic E-state index is 0.643. The van der Waals surface area contributed by atoms with Crippen molar-refractivity contribution in [1.82, 2.24) is 4.98 Å². The van der Waals surface area contributed by atoms with E-state index in [4.69, 9.17) is 5.73 Å². The van der Waals surface area contributed by atoms with Crippen LogP contribution in [0.3, 0.4) is 0 Å². The lowest BCUT2D eigenvalue weighted by molar-refractivity contribution is 0.654. The highest BCUT2D eigenvalue weighted by atomic mass is 32.1. The zero-order valence-electron chi connectivity index (χ0n) is 10.9. The second kappa shape index (κ2) is 4.43. The molecule has 1 aromatic carbocycles. The number of nitrogen functional groups attached to an aromatic ring is 1. The van der Waals surface area contributed by atoms with Gasteiger partial charge in [-0.2, -0.15) is 0 Å². The summed E-state index contributed by atoms with van der Waals surface area (Å²) in [6.45, 7) is 2.04. The molecule has 2 aromatic rings. The molecule has 0 aliphatic heterocycles. The first-order valence-electron chi connectivity index (χ1n) is 6.54. The van der Waals surface area contributed by atoms with Crippen LogP contribution in [-0.2, 0) is 0 Å². The minimum Gasteiger partial charge on any atom is -0.397 e. The summed E-state index contributed by atoms with van der Waals surface area (Å²) in [5, 5.41) is 1.10. The van der Waals surface area contributed by atoms with Crippen molar-refractivity contribution < 1.29 is 0 Å². The summed E-state index contributed by atoms with van der Waals surface area (Å²) in [5.74, 6) is 0. The predicted octanol–water partition coefficient (Wildman–Crippen LogP) is 3.57. The van der Waals surface area contributed by atoms with Crippen molar-refractivity contribution in [3.8, 4) is 0 Å². The summed E-state index contributed by atoms with van der Waals surface area (Å²) < 4.78 is 1.19. The normalized spacial score (nSPS) is 16.6. The van der Waals surface area contributed by atoms with Crippen LogP contribution in [0.2, 0.25) is 0 Å². The molecule has 0 atom stereocenters. The van der Waals surface area contributed by atoms with Crippen LogP contribution >= 0.6 is 11.3 Å². The van der Waals surface area contributed by atoms with Crippen molar-refractivity contribution in [2.24, 2.45) is 0 Å². The molecule has 3 rings (SSSR count). The molecule has 1 fully saturated rings. The highest BCUT2D eigenvalue weighted by molar-refractivity contribution is 7.18. The molecule has 0 unspecified atom stereocenters. The molecule has 4 heteroatoms. The van der Waals surface area contributed by atoms with Crippen LogP contribution in [-0.4, -0.2) is 18.1 Å². The second-order valence-corrected chi connectivity index (χ2v) is 6.40. The molecule has 1 aromatic heterocycles. The Morgan fingerprint density at radius 2 is 2.06 bits per heavy atom. The van der Waals surface area contributed by atoms with Crippen molar-refractivity contribution in [1.29, 1.82) is 0 Å². The molecule has 1 saturated carbocycles. The molecule has 1 heterocycles. The molecule has 0 saturated heterocycles. The molecular formula is C14H19N3S. The van der Waals surface area contributed by atoms with E-state index >= 15 is 0 Å². The van der Waals surface area contributed by atoms with E-state index in [2.05, 4.69) is 29.1 Å². The Morgan fingerprint density at radius 3 is 2.78 bits per heavy atom. The molecule has 0 radical (unpaired) electrons. The van der Waals surface area contributed by atoms with E-state index in [0.29, 0.717) is 6.04 Å². The molecule has 0 spiro atoms. The van der Waals surface area contributed by atoms with E-state index in [9.17, 15) is 0 Å². The lowest BCUT2D eigenvalue weighted by atomic mass is 10.1. The Balaban J connectivity index is 2.01. The van der Waals surface area contributed by atoms with Gasteiger partial charge in [-0.15, -0.1) is 11.3 Å². The van der Waals surface area contributed by atoms with Gasteiger partial charge in [0.1, 0.15) is 0 Å². The third kappa shape index (κ3) is 1.94. The lowest BCUT2D eigenvalue weighted by Gasteiger charge is -2.27. The molecule has 96 valence electrons. The first-order valence-corrected chi connectivity index (χ1v) is 7.36. The number of aromatic nitrogens is 1. The third-order valence-electron chi connectivity index (χ3n) is 3.90. The summed E-state index contributed by atoms with van der Waals surface area (Å²) in [6, 6.07) is 4.86. The number of anilines is 2. The molecule has 0 bridgehead atoms. The quantitative estimate of drug-likeness (QED) is 0.840. The fourth-order valence-electron chi connectivity index (χ4n) is 2.89. The molecule has 1 aliphatic rings. The molecule has 18 heavy (non-hydrogen) atoms. The fraction of sp³-hybridized carbons (Fsp3) is 0.500. The van der Waals surface area contributed by atoms with Crippen molar-refractivity contribution in [2.75, 3.05) is 17.7 Å². The molecule has 0 amide bonds. The van der Waals surface area contributed by atoms with Crippen LogP contribution in [0.5, 0.6) is 0 Å². The van der Waals surface area contributed by atoms with Gasteiger partial charge in [0.2, 0.25) is 0 Å². The summed E-state index contributed by atoms with van der Waals surface area (Å²) in [5.41, 5.74) is 9.29. The number of aryl methyl sites for hydroxylation is 1. The molecular weight excluding hydrogens is 242 g/mol. The SMILES string of the molecule is Cc1nc2cc(N(C)C3CCCC3)c(N)cc2s1. The van der Waals surface area contributed by atoms with Crippen molar-refractivity contribution in [3.05, 3.63) is 17.1 Å². The highest BCUT2D eigenvalue weighted by Gasteiger charge is 2.21. The maximum absolute atomic E-state index is 6.20. The van der Waals surface area contributed by atoms with Gasteiger partial charge in [-0.1, -0.05) is 12.8 Å². The van der Waals surface area contributed by atoms with Crippen LogP contribution in [0.4, 0.5) is 11.4 Å². The van der Waals surface area contributed by atoms with E-state index < -0.39 is 0 Å². The summed E-state index contributed by atoms with van der Waals surface area (Å²) in [7, 11) is 2.16. The zero-order valence-corrected chi connectivity index (χ0v) is 11.8. The van der Waals surface area contributed by atoms with E-state index in [1.54, 1.807) is 11.3 Å². The van der Waals surface area contributed by atoms with Crippen LogP contribution in [0.25, 0.3) is 10.2 Å². The smallest absolute Gasteiger partial charge is 0.0907 e. The predicted molar refractivity (Wildman–Crippen MR) is 79.4 cm³/mol. The van der Waals surface area contributed by atoms with E-state index in [1.807, 2.05) is 6.92 Å². The zero-order chi connectivity index (χ0) is 12.7. The van der Waals surface area contributed by atoms with Crippen LogP contribution < -0.4 is 10.6 Å². The monoisotopic (exact) mass is 261 g/mol. The van der Waals surface area contributed by atoms with Crippen LogP contribution in [0, 0.1) is 6.92 Å². The Labute approximate surface area is 112 Å². The van der Waals surface area contributed by atoms with Gasteiger partial charge in [0.15, 0.2) is 0 Å².